The van der Waals surface area contributed by atoms with Crippen LogP contribution >= 0.6 is 0 Å². The zero-order chi connectivity index (χ0) is 16.8. The van der Waals surface area contributed by atoms with Crippen molar-refractivity contribution in [2.45, 2.75) is 13.0 Å². The number of piperazine rings is 1. The molecule has 0 unspecified atom stereocenters. The molecule has 1 heterocycles. The van der Waals surface area contributed by atoms with Crippen LogP contribution in [0.4, 0.5) is 4.39 Å². The van der Waals surface area contributed by atoms with Gasteiger partial charge in [-0.15, -0.1) is 0 Å². The lowest BCUT2D eigenvalue weighted by Crippen LogP contribution is -2.50. The summed E-state index contributed by atoms with van der Waals surface area (Å²) in [6, 6.07) is 5.92. The number of nitrogens with one attached hydrogen (secondary N) is 1. The average Bonchev–Trinajstić information content (AvgIpc) is 2.55. The highest BCUT2D eigenvalue weighted by atomic mass is 19.1. The van der Waals surface area contributed by atoms with Gasteiger partial charge in [-0.1, -0.05) is 18.7 Å². The van der Waals surface area contributed by atoms with Crippen molar-refractivity contribution in [1.82, 2.24) is 15.1 Å². The fourth-order valence-electron chi connectivity index (χ4n) is 2.58. The Kier molecular flexibility index (Phi) is 5.87. The highest BCUT2D eigenvalue weighted by molar-refractivity contribution is 5.87. The highest BCUT2D eigenvalue weighted by Crippen LogP contribution is 2.12. The second kappa shape index (κ2) is 7.87. The fraction of sp³-hybridized carbons (Fsp3) is 0.412. The van der Waals surface area contributed by atoms with E-state index in [4.69, 9.17) is 0 Å². The van der Waals surface area contributed by atoms with E-state index in [2.05, 4.69) is 11.9 Å². The van der Waals surface area contributed by atoms with Crippen molar-refractivity contribution in [3.05, 3.63) is 48.3 Å². The third kappa shape index (κ3) is 4.89. The van der Waals surface area contributed by atoms with Crippen molar-refractivity contribution in [1.29, 1.82) is 0 Å². The van der Waals surface area contributed by atoms with Crippen LogP contribution < -0.4 is 5.32 Å². The maximum Gasteiger partial charge on any atom is 0.246 e. The van der Waals surface area contributed by atoms with Gasteiger partial charge in [0.25, 0.3) is 0 Å². The predicted molar refractivity (Wildman–Crippen MR) is 86.2 cm³/mol. The van der Waals surface area contributed by atoms with E-state index in [1.807, 2.05) is 11.8 Å². The van der Waals surface area contributed by atoms with Crippen LogP contribution in [0.25, 0.3) is 0 Å². The molecule has 0 aliphatic carbocycles. The Balaban J connectivity index is 1.78. The maximum absolute atomic E-state index is 12.9. The summed E-state index contributed by atoms with van der Waals surface area (Å²) in [5.74, 6) is -0.441. The normalized spacial score (nSPS) is 16.7. The average molecular weight is 319 g/mol. The van der Waals surface area contributed by atoms with Crippen LogP contribution in [-0.4, -0.2) is 54.3 Å². The van der Waals surface area contributed by atoms with Gasteiger partial charge < -0.3 is 10.2 Å². The predicted octanol–water partition coefficient (Wildman–Crippen LogP) is 1.33. The molecule has 1 saturated heterocycles. The molecule has 0 radical (unpaired) electrons. The van der Waals surface area contributed by atoms with Crippen LogP contribution in [0.5, 0.6) is 0 Å². The maximum atomic E-state index is 12.9. The van der Waals surface area contributed by atoms with Gasteiger partial charge in [-0.05, 0) is 30.7 Å². The Morgan fingerprint density at radius 1 is 1.26 bits per heavy atom. The van der Waals surface area contributed by atoms with Gasteiger partial charge in [0.05, 0.1) is 12.6 Å². The van der Waals surface area contributed by atoms with E-state index in [1.54, 1.807) is 17.0 Å². The molecular weight excluding hydrogens is 297 g/mol. The van der Waals surface area contributed by atoms with Crippen LogP contribution in [0.3, 0.4) is 0 Å². The van der Waals surface area contributed by atoms with Gasteiger partial charge in [-0.3, -0.25) is 14.5 Å². The van der Waals surface area contributed by atoms with Crippen molar-refractivity contribution in [3.8, 4) is 0 Å². The lowest BCUT2D eigenvalue weighted by atomic mass is 10.1. The summed E-state index contributed by atoms with van der Waals surface area (Å²) in [6.07, 6.45) is 1.31. The number of hydrogen-bond acceptors (Lipinski definition) is 3. The van der Waals surface area contributed by atoms with E-state index in [1.165, 1.54) is 18.2 Å². The van der Waals surface area contributed by atoms with E-state index in [9.17, 15) is 14.0 Å². The zero-order valence-electron chi connectivity index (χ0n) is 13.3. The molecular formula is C17H22FN3O2. The van der Waals surface area contributed by atoms with E-state index in [0.717, 1.165) is 5.56 Å². The first kappa shape index (κ1) is 17.1. The van der Waals surface area contributed by atoms with Gasteiger partial charge >= 0.3 is 0 Å². The quantitative estimate of drug-likeness (QED) is 0.833. The van der Waals surface area contributed by atoms with E-state index < -0.39 is 0 Å². The molecule has 1 N–H and O–H groups in total. The number of halogens is 1. The minimum Gasteiger partial charge on any atom is -0.348 e. The van der Waals surface area contributed by atoms with Crippen LogP contribution in [-0.2, 0) is 9.59 Å². The fourth-order valence-corrected chi connectivity index (χ4v) is 2.58. The first-order valence-electron chi connectivity index (χ1n) is 7.68. The monoisotopic (exact) mass is 319 g/mol. The summed E-state index contributed by atoms with van der Waals surface area (Å²) in [5, 5.41) is 2.91. The number of nitrogens with zero attached hydrogens (tertiary/aromatic N) is 2. The molecule has 1 aromatic rings. The second-order valence-electron chi connectivity index (χ2n) is 5.65. The minimum atomic E-state index is -0.292. The molecule has 0 spiro atoms. The molecule has 1 aliphatic rings. The third-order valence-electron chi connectivity index (χ3n) is 3.97. The van der Waals surface area contributed by atoms with E-state index in [0.29, 0.717) is 32.7 Å². The summed E-state index contributed by atoms with van der Waals surface area (Å²) in [6.45, 7) is 8.17. The summed E-state index contributed by atoms with van der Waals surface area (Å²) < 4.78 is 12.9. The molecule has 124 valence electrons. The largest absolute Gasteiger partial charge is 0.348 e. The smallest absolute Gasteiger partial charge is 0.246 e. The lowest BCUT2D eigenvalue weighted by molar-refractivity contribution is -0.128. The third-order valence-corrected chi connectivity index (χ3v) is 3.97. The van der Waals surface area contributed by atoms with Gasteiger partial charge in [0.15, 0.2) is 0 Å². The number of rotatable bonds is 5. The molecule has 6 heteroatoms. The second-order valence-corrected chi connectivity index (χ2v) is 5.65. The Bertz CT molecular complexity index is 566. The standard InChI is InChI=1S/C17H22FN3O2/c1-3-17(23)21-10-8-20(9-11-21)12-16(22)19-13(2)14-4-6-15(18)7-5-14/h3-7,13H,1,8-12H2,2H3,(H,19,22)/t13-/m1/s1. The SMILES string of the molecule is C=CC(=O)N1CCN(CC(=O)N[C@H](C)c2ccc(F)cc2)CC1. The van der Waals surface area contributed by atoms with Crippen LogP contribution in [0.15, 0.2) is 36.9 Å². The van der Waals surface area contributed by atoms with Crippen molar-refractivity contribution in [3.63, 3.8) is 0 Å². The highest BCUT2D eigenvalue weighted by Gasteiger charge is 2.21. The first-order chi connectivity index (χ1) is 11.0. The van der Waals surface area contributed by atoms with Gasteiger partial charge in [0, 0.05) is 26.2 Å². The first-order valence-corrected chi connectivity index (χ1v) is 7.68. The van der Waals surface area contributed by atoms with Crippen LogP contribution in [0.1, 0.15) is 18.5 Å². The summed E-state index contributed by atoms with van der Waals surface area (Å²) in [7, 11) is 0. The lowest BCUT2D eigenvalue weighted by Gasteiger charge is -2.33. The van der Waals surface area contributed by atoms with Gasteiger partial charge in [0.1, 0.15) is 5.82 Å². The van der Waals surface area contributed by atoms with Crippen molar-refractivity contribution in [2.75, 3.05) is 32.7 Å². The molecule has 5 nitrogen and oxygen atoms in total. The number of carbonyl (C=O) groups is 2. The molecule has 1 atom stereocenters. The van der Waals surface area contributed by atoms with Gasteiger partial charge in [-0.2, -0.15) is 0 Å². The Morgan fingerprint density at radius 2 is 1.87 bits per heavy atom. The summed E-state index contributed by atoms with van der Waals surface area (Å²) in [4.78, 5) is 27.4. The molecule has 2 amide bonds. The molecule has 1 aliphatic heterocycles. The topological polar surface area (TPSA) is 52.7 Å². The number of amides is 2. The number of carbonyl (C=O) groups excluding carboxylic acids is 2. The molecule has 0 saturated carbocycles. The Labute approximate surface area is 135 Å². The Hall–Kier alpha value is -2.21. The summed E-state index contributed by atoms with van der Waals surface area (Å²) in [5.41, 5.74) is 0.862. The van der Waals surface area contributed by atoms with Crippen molar-refractivity contribution >= 4 is 11.8 Å². The molecule has 23 heavy (non-hydrogen) atoms. The molecule has 1 aromatic carbocycles. The van der Waals surface area contributed by atoms with E-state index in [-0.39, 0.29) is 23.7 Å². The number of benzene rings is 1. The van der Waals surface area contributed by atoms with E-state index >= 15 is 0 Å². The van der Waals surface area contributed by atoms with Crippen LogP contribution in [0, 0.1) is 5.82 Å². The number of hydrogen-bond donors (Lipinski definition) is 1. The molecule has 2 rings (SSSR count). The minimum absolute atomic E-state index is 0.0703. The molecule has 0 bridgehead atoms. The van der Waals surface area contributed by atoms with Gasteiger partial charge in [0.2, 0.25) is 11.8 Å². The zero-order valence-corrected chi connectivity index (χ0v) is 13.3. The van der Waals surface area contributed by atoms with Gasteiger partial charge in [-0.25, -0.2) is 4.39 Å². The molecule has 0 aromatic heterocycles. The van der Waals surface area contributed by atoms with Crippen molar-refractivity contribution < 1.29 is 14.0 Å². The van der Waals surface area contributed by atoms with Crippen molar-refractivity contribution in [2.24, 2.45) is 0 Å². The molecule has 1 fully saturated rings. The van der Waals surface area contributed by atoms with Crippen LogP contribution in [0.2, 0.25) is 0 Å². The summed E-state index contributed by atoms with van der Waals surface area (Å²) >= 11 is 0. The Morgan fingerprint density at radius 3 is 2.43 bits per heavy atom.